The topological polar surface area (TPSA) is 104 Å². The van der Waals surface area contributed by atoms with Gasteiger partial charge >= 0.3 is 0 Å². The Balaban J connectivity index is 2.03. The number of benzene rings is 2. The molecule has 0 amide bonds. The minimum absolute atomic E-state index is 0.222. The standard InChI is InChI=1S/C26H28N6/c1-3-11-19-21(17-13-7-5-8-14-17)29-25(27)31-23(19)24-20(12-4-2)22(30-26(28)32-24)18-15-9-6-10-16-18/h5-10,13-16H,3-4,11-12H2,1-2H3,(H2,27,29,31)(H2,28,30,32). The first-order valence-corrected chi connectivity index (χ1v) is 11.1. The van der Waals surface area contributed by atoms with Crippen LogP contribution in [0, 0.1) is 0 Å². The number of nitrogens with zero attached hydrogens (tertiary/aromatic N) is 4. The van der Waals surface area contributed by atoms with E-state index in [1.54, 1.807) is 0 Å². The number of hydrogen-bond donors (Lipinski definition) is 2. The Morgan fingerprint density at radius 3 is 1.22 bits per heavy atom. The number of rotatable bonds is 7. The molecule has 0 atom stereocenters. The summed E-state index contributed by atoms with van der Waals surface area (Å²) in [6, 6.07) is 20.2. The molecule has 0 bridgehead atoms. The van der Waals surface area contributed by atoms with E-state index in [0.29, 0.717) is 0 Å². The van der Waals surface area contributed by atoms with Gasteiger partial charge in [-0.15, -0.1) is 0 Å². The molecule has 2 aromatic carbocycles. The van der Waals surface area contributed by atoms with E-state index in [0.717, 1.165) is 70.7 Å². The Labute approximate surface area is 188 Å². The van der Waals surface area contributed by atoms with Gasteiger partial charge in [0, 0.05) is 22.3 Å². The maximum absolute atomic E-state index is 6.21. The van der Waals surface area contributed by atoms with Crippen molar-refractivity contribution in [1.82, 2.24) is 19.9 Å². The molecule has 6 heteroatoms. The Bertz CT molecular complexity index is 1110. The fourth-order valence-corrected chi connectivity index (χ4v) is 4.04. The van der Waals surface area contributed by atoms with E-state index < -0.39 is 0 Å². The Kier molecular flexibility index (Phi) is 6.40. The third-order valence-corrected chi connectivity index (χ3v) is 5.37. The van der Waals surface area contributed by atoms with Crippen LogP contribution >= 0.6 is 0 Å². The van der Waals surface area contributed by atoms with Crippen molar-refractivity contribution in [3.8, 4) is 33.9 Å². The summed E-state index contributed by atoms with van der Waals surface area (Å²) in [5.74, 6) is 0.444. The van der Waals surface area contributed by atoms with Gasteiger partial charge in [-0.05, 0) is 12.8 Å². The van der Waals surface area contributed by atoms with E-state index >= 15 is 0 Å². The van der Waals surface area contributed by atoms with Crippen LogP contribution in [0.3, 0.4) is 0 Å². The Morgan fingerprint density at radius 2 is 0.875 bits per heavy atom. The zero-order valence-electron chi connectivity index (χ0n) is 18.5. The first kappa shape index (κ1) is 21.4. The van der Waals surface area contributed by atoms with E-state index in [-0.39, 0.29) is 11.9 Å². The van der Waals surface area contributed by atoms with Gasteiger partial charge in [-0.1, -0.05) is 87.4 Å². The summed E-state index contributed by atoms with van der Waals surface area (Å²) in [6.07, 6.45) is 3.48. The average molecular weight is 425 g/mol. The van der Waals surface area contributed by atoms with Crippen molar-refractivity contribution in [2.24, 2.45) is 0 Å². The number of nitrogen functional groups attached to an aromatic ring is 2. The first-order chi connectivity index (χ1) is 15.6. The molecular formula is C26H28N6. The van der Waals surface area contributed by atoms with Gasteiger partial charge in [0.05, 0.1) is 22.8 Å². The van der Waals surface area contributed by atoms with Gasteiger partial charge in [0.15, 0.2) is 0 Å². The van der Waals surface area contributed by atoms with Crippen LogP contribution in [0.15, 0.2) is 60.7 Å². The molecule has 0 radical (unpaired) electrons. The van der Waals surface area contributed by atoms with Crippen molar-refractivity contribution in [2.75, 3.05) is 11.5 Å². The number of aromatic nitrogens is 4. The number of anilines is 2. The lowest BCUT2D eigenvalue weighted by molar-refractivity contribution is 0.891. The van der Waals surface area contributed by atoms with Crippen molar-refractivity contribution < 1.29 is 0 Å². The molecule has 0 spiro atoms. The van der Waals surface area contributed by atoms with Gasteiger partial charge < -0.3 is 11.5 Å². The zero-order valence-corrected chi connectivity index (χ0v) is 18.5. The average Bonchev–Trinajstić information content (AvgIpc) is 2.82. The maximum Gasteiger partial charge on any atom is 0.221 e. The predicted octanol–water partition coefficient (Wildman–Crippen LogP) is 5.34. The minimum Gasteiger partial charge on any atom is -0.368 e. The summed E-state index contributed by atoms with van der Waals surface area (Å²) in [6.45, 7) is 4.29. The SMILES string of the molecule is CCCc1c(-c2ccccc2)nc(N)nc1-c1nc(N)nc(-c2ccccc2)c1CCC. The van der Waals surface area contributed by atoms with Gasteiger partial charge in [-0.25, -0.2) is 19.9 Å². The summed E-state index contributed by atoms with van der Waals surface area (Å²) < 4.78 is 0. The van der Waals surface area contributed by atoms with Crippen LogP contribution < -0.4 is 11.5 Å². The molecule has 0 unspecified atom stereocenters. The van der Waals surface area contributed by atoms with Gasteiger partial charge in [-0.3, -0.25) is 0 Å². The lowest BCUT2D eigenvalue weighted by Gasteiger charge is -2.18. The summed E-state index contributed by atoms with van der Waals surface area (Å²) in [5, 5.41) is 0. The lowest BCUT2D eigenvalue weighted by Crippen LogP contribution is -2.10. The third-order valence-electron chi connectivity index (χ3n) is 5.37. The first-order valence-electron chi connectivity index (χ1n) is 11.1. The smallest absolute Gasteiger partial charge is 0.221 e. The molecule has 4 rings (SSSR count). The monoisotopic (exact) mass is 424 g/mol. The number of hydrogen-bond acceptors (Lipinski definition) is 6. The molecule has 0 aliphatic rings. The van der Waals surface area contributed by atoms with Gasteiger partial charge in [0.25, 0.3) is 0 Å². The van der Waals surface area contributed by atoms with Crippen molar-refractivity contribution in [3.05, 3.63) is 71.8 Å². The highest BCUT2D eigenvalue weighted by molar-refractivity contribution is 5.79. The van der Waals surface area contributed by atoms with Crippen molar-refractivity contribution in [3.63, 3.8) is 0 Å². The highest BCUT2D eigenvalue weighted by Crippen LogP contribution is 2.36. The second-order valence-electron chi connectivity index (χ2n) is 7.75. The van der Waals surface area contributed by atoms with Crippen molar-refractivity contribution in [1.29, 1.82) is 0 Å². The minimum atomic E-state index is 0.222. The molecule has 6 nitrogen and oxygen atoms in total. The molecule has 0 aliphatic heterocycles. The third kappa shape index (κ3) is 4.30. The summed E-state index contributed by atoms with van der Waals surface area (Å²) in [7, 11) is 0. The summed E-state index contributed by atoms with van der Waals surface area (Å²) in [5.41, 5.74) is 19.7. The molecule has 0 saturated carbocycles. The zero-order chi connectivity index (χ0) is 22.5. The molecule has 4 aromatic rings. The van der Waals surface area contributed by atoms with Crippen LogP contribution in [-0.2, 0) is 12.8 Å². The highest BCUT2D eigenvalue weighted by Gasteiger charge is 2.22. The van der Waals surface area contributed by atoms with Crippen molar-refractivity contribution in [2.45, 2.75) is 39.5 Å². The van der Waals surface area contributed by atoms with Crippen LogP contribution in [-0.4, -0.2) is 19.9 Å². The number of nitrogens with two attached hydrogens (primary N) is 2. The lowest BCUT2D eigenvalue weighted by atomic mass is 9.94. The molecule has 2 heterocycles. The Hall–Kier alpha value is -3.80. The maximum atomic E-state index is 6.21. The van der Waals surface area contributed by atoms with Crippen molar-refractivity contribution >= 4 is 11.9 Å². The largest absolute Gasteiger partial charge is 0.368 e. The molecular weight excluding hydrogens is 396 g/mol. The van der Waals surface area contributed by atoms with Crippen LogP contribution in [0.1, 0.15) is 37.8 Å². The molecule has 0 aliphatic carbocycles. The molecule has 162 valence electrons. The molecule has 32 heavy (non-hydrogen) atoms. The second-order valence-corrected chi connectivity index (χ2v) is 7.75. The second kappa shape index (κ2) is 9.56. The van der Waals surface area contributed by atoms with E-state index in [9.17, 15) is 0 Å². The van der Waals surface area contributed by atoms with E-state index in [4.69, 9.17) is 11.5 Å². The predicted molar refractivity (Wildman–Crippen MR) is 131 cm³/mol. The van der Waals surface area contributed by atoms with E-state index in [1.165, 1.54) is 0 Å². The van der Waals surface area contributed by atoms with Crippen LogP contribution in [0.2, 0.25) is 0 Å². The van der Waals surface area contributed by atoms with Gasteiger partial charge in [0.2, 0.25) is 11.9 Å². The fourth-order valence-electron chi connectivity index (χ4n) is 4.04. The summed E-state index contributed by atoms with van der Waals surface area (Å²) in [4.78, 5) is 18.6. The molecule has 0 saturated heterocycles. The van der Waals surface area contributed by atoms with Gasteiger partial charge in [-0.2, -0.15) is 0 Å². The molecule has 0 fully saturated rings. The highest BCUT2D eigenvalue weighted by atomic mass is 15.0. The normalized spacial score (nSPS) is 10.9. The van der Waals surface area contributed by atoms with E-state index in [2.05, 4.69) is 33.8 Å². The Morgan fingerprint density at radius 1 is 0.531 bits per heavy atom. The molecule has 2 aromatic heterocycles. The quantitative estimate of drug-likeness (QED) is 0.415. The van der Waals surface area contributed by atoms with Crippen LogP contribution in [0.25, 0.3) is 33.9 Å². The summed E-state index contributed by atoms with van der Waals surface area (Å²) >= 11 is 0. The van der Waals surface area contributed by atoms with Crippen LogP contribution in [0.4, 0.5) is 11.9 Å². The van der Waals surface area contributed by atoms with E-state index in [1.807, 2.05) is 60.7 Å². The molecule has 4 N–H and O–H groups in total. The fraction of sp³-hybridized carbons (Fsp3) is 0.231. The van der Waals surface area contributed by atoms with Gasteiger partial charge in [0.1, 0.15) is 0 Å². The van der Waals surface area contributed by atoms with Crippen LogP contribution in [0.5, 0.6) is 0 Å².